The van der Waals surface area contributed by atoms with Crippen molar-refractivity contribution >= 4 is 26.9 Å². The predicted octanol–water partition coefficient (Wildman–Crippen LogP) is 3.20. The molecule has 5 heteroatoms. The molecule has 4 nitrogen and oxygen atoms in total. The number of benzene rings is 1. The average molecular weight is 321 g/mol. The number of aliphatic hydroxyl groups is 1. The summed E-state index contributed by atoms with van der Waals surface area (Å²) in [5.41, 5.74) is 0.761. The van der Waals surface area contributed by atoms with E-state index >= 15 is 0 Å². The number of para-hydroxylation sites is 1. The topological polar surface area (TPSA) is 51.2 Å². The molecule has 0 spiro atoms. The number of hydrogen-bond donors (Lipinski definition) is 1. The Balaban J connectivity index is 1.91. The van der Waals surface area contributed by atoms with Crippen LogP contribution in [-0.2, 0) is 13.5 Å². The van der Waals surface area contributed by atoms with Gasteiger partial charge in [0, 0.05) is 31.2 Å². The molecule has 0 aliphatic carbocycles. The van der Waals surface area contributed by atoms with Gasteiger partial charge in [-0.05, 0) is 28.1 Å². The van der Waals surface area contributed by atoms with Crippen LogP contribution in [0.4, 0.5) is 0 Å². The molecule has 1 unspecified atom stereocenters. The van der Waals surface area contributed by atoms with Gasteiger partial charge in [0.15, 0.2) is 0 Å². The smallest absolute Gasteiger partial charge is 0.148 e. The minimum atomic E-state index is -0.694. The van der Waals surface area contributed by atoms with Crippen molar-refractivity contribution in [1.29, 1.82) is 0 Å². The number of nitrogens with zero attached hydrogens (tertiary/aromatic N) is 2. The largest absolute Gasteiger partial charge is 0.457 e. The van der Waals surface area contributed by atoms with Crippen LogP contribution in [0.25, 0.3) is 11.0 Å². The van der Waals surface area contributed by atoms with E-state index in [0.717, 1.165) is 21.3 Å². The van der Waals surface area contributed by atoms with Gasteiger partial charge in [0.1, 0.15) is 23.3 Å². The molecule has 2 aromatic heterocycles. The molecule has 3 rings (SSSR count). The van der Waals surface area contributed by atoms with E-state index in [9.17, 15) is 5.11 Å². The minimum Gasteiger partial charge on any atom is -0.457 e. The number of aromatic nitrogens is 2. The van der Waals surface area contributed by atoms with Crippen molar-refractivity contribution in [1.82, 2.24) is 9.55 Å². The molecule has 0 saturated carbocycles. The number of hydrogen-bond acceptors (Lipinski definition) is 3. The van der Waals surface area contributed by atoms with Gasteiger partial charge in [-0.15, -0.1) is 0 Å². The summed E-state index contributed by atoms with van der Waals surface area (Å²) in [7, 11) is 1.91. The fourth-order valence-electron chi connectivity index (χ4n) is 2.08. The van der Waals surface area contributed by atoms with Crippen LogP contribution in [0, 0.1) is 0 Å². The van der Waals surface area contributed by atoms with Gasteiger partial charge in [-0.2, -0.15) is 0 Å². The van der Waals surface area contributed by atoms with Crippen molar-refractivity contribution in [3.63, 3.8) is 0 Å². The zero-order valence-electron chi connectivity index (χ0n) is 10.4. The first-order chi connectivity index (χ1) is 9.15. The Bertz CT molecular complexity index is 717. The summed E-state index contributed by atoms with van der Waals surface area (Å²) in [5.74, 6) is 1.39. The molecular formula is C14H13BrN2O2. The first-order valence-corrected chi connectivity index (χ1v) is 6.76. The highest BCUT2D eigenvalue weighted by atomic mass is 79.9. The summed E-state index contributed by atoms with van der Waals surface area (Å²) in [6.07, 6.45) is 3.32. The van der Waals surface area contributed by atoms with E-state index in [1.54, 1.807) is 6.20 Å². The van der Waals surface area contributed by atoms with E-state index in [4.69, 9.17) is 4.42 Å². The second-order valence-electron chi connectivity index (χ2n) is 4.48. The van der Waals surface area contributed by atoms with Crippen LogP contribution < -0.4 is 0 Å². The molecule has 0 aliphatic rings. The Hall–Kier alpha value is -1.59. The predicted molar refractivity (Wildman–Crippen MR) is 75.8 cm³/mol. The third kappa shape index (κ3) is 2.31. The van der Waals surface area contributed by atoms with Crippen molar-refractivity contribution in [2.24, 2.45) is 7.05 Å². The van der Waals surface area contributed by atoms with E-state index in [1.807, 2.05) is 42.1 Å². The molecule has 98 valence electrons. The summed E-state index contributed by atoms with van der Waals surface area (Å²) in [4.78, 5) is 4.20. The van der Waals surface area contributed by atoms with Crippen LogP contribution in [0.5, 0.6) is 0 Å². The molecule has 1 aromatic carbocycles. The van der Waals surface area contributed by atoms with Crippen LogP contribution in [-0.4, -0.2) is 14.7 Å². The van der Waals surface area contributed by atoms with E-state index in [-0.39, 0.29) is 0 Å². The number of fused-ring (bicyclic) bond motifs is 1. The summed E-state index contributed by atoms with van der Waals surface area (Å²) >= 11 is 3.44. The van der Waals surface area contributed by atoms with Crippen LogP contribution in [0.15, 0.2) is 45.5 Å². The van der Waals surface area contributed by atoms with Gasteiger partial charge >= 0.3 is 0 Å². The van der Waals surface area contributed by atoms with Crippen LogP contribution >= 0.6 is 15.9 Å². The summed E-state index contributed by atoms with van der Waals surface area (Å²) in [6, 6.07) is 7.69. The van der Waals surface area contributed by atoms with Crippen LogP contribution in [0.1, 0.15) is 17.7 Å². The number of imidazole rings is 1. The lowest BCUT2D eigenvalue weighted by molar-refractivity contribution is 0.149. The lowest BCUT2D eigenvalue weighted by Crippen LogP contribution is -2.05. The molecular weight excluding hydrogens is 308 g/mol. The first-order valence-electron chi connectivity index (χ1n) is 5.97. The second kappa shape index (κ2) is 4.83. The number of furan rings is 1. The molecule has 1 atom stereocenters. The zero-order chi connectivity index (χ0) is 13.4. The fourth-order valence-corrected chi connectivity index (χ4v) is 2.54. The van der Waals surface area contributed by atoms with Gasteiger partial charge in [-0.1, -0.05) is 12.1 Å². The zero-order valence-corrected chi connectivity index (χ0v) is 12.0. The fraction of sp³-hybridized carbons (Fsp3) is 0.214. The maximum Gasteiger partial charge on any atom is 0.148 e. The molecule has 0 aliphatic heterocycles. The van der Waals surface area contributed by atoms with Gasteiger partial charge in [-0.25, -0.2) is 4.98 Å². The normalized spacial score (nSPS) is 13.0. The maximum atomic E-state index is 10.2. The Morgan fingerprint density at radius 3 is 3.00 bits per heavy atom. The molecule has 0 saturated heterocycles. The van der Waals surface area contributed by atoms with Crippen molar-refractivity contribution in [2.45, 2.75) is 12.5 Å². The Morgan fingerprint density at radius 1 is 1.47 bits per heavy atom. The molecule has 1 N–H and O–H groups in total. The maximum absolute atomic E-state index is 10.2. The van der Waals surface area contributed by atoms with Gasteiger partial charge in [0.05, 0.1) is 4.47 Å². The van der Waals surface area contributed by atoms with Crippen molar-refractivity contribution in [3.8, 4) is 0 Å². The molecule has 0 radical (unpaired) electrons. The highest BCUT2D eigenvalue weighted by Crippen LogP contribution is 2.30. The Morgan fingerprint density at radius 2 is 2.32 bits per heavy atom. The third-order valence-corrected chi connectivity index (χ3v) is 3.76. The van der Waals surface area contributed by atoms with Gasteiger partial charge in [-0.3, -0.25) is 0 Å². The monoisotopic (exact) mass is 320 g/mol. The van der Waals surface area contributed by atoms with Crippen LogP contribution in [0.2, 0.25) is 0 Å². The molecule has 2 heterocycles. The van der Waals surface area contributed by atoms with E-state index in [0.29, 0.717) is 12.2 Å². The highest BCUT2D eigenvalue weighted by molar-refractivity contribution is 9.10. The summed E-state index contributed by atoms with van der Waals surface area (Å²) < 4.78 is 8.50. The van der Waals surface area contributed by atoms with Crippen molar-refractivity contribution < 1.29 is 9.52 Å². The molecule has 0 amide bonds. The third-order valence-electron chi connectivity index (χ3n) is 3.14. The SMILES string of the molecule is Cn1ccnc1CC(O)c1cc2cccc(Br)c2o1. The Kier molecular flexibility index (Phi) is 3.16. The number of aliphatic hydroxyl groups excluding tert-OH is 1. The summed E-state index contributed by atoms with van der Waals surface area (Å²) in [5, 5.41) is 11.2. The lowest BCUT2D eigenvalue weighted by atomic mass is 10.2. The van der Waals surface area contributed by atoms with E-state index in [1.165, 1.54) is 0 Å². The molecule has 19 heavy (non-hydrogen) atoms. The number of rotatable bonds is 3. The number of halogens is 1. The number of aryl methyl sites for hydroxylation is 1. The second-order valence-corrected chi connectivity index (χ2v) is 5.34. The quantitative estimate of drug-likeness (QED) is 0.806. The molecule has 3 aromatic rings. The standard InChI is InChI=1S/C14H13BrN2O2/c1-17-6-5-16-13(17)8-11(18)12-7-9-3-2-4-10(15)14(9)19-12/h2-7,11,18H,8H2,1H3. The van der Waals surface area contributed by atoms with E-state index < -0.39 is 6.10 Å². The lowest BCUT2D eigenvalue weighted by Gasteiger charge is -2.07. The average Bonchev–Trinajstić information content (AvgIpc) is 2.97. The molecule has 0 fully saturated rings. The van der Waals surface area contributed by atoms with Gasteiger partial charge in [0.2, 0.25) is 0 Å². The first kappa shape index (κ1) is 12.4. The summed E-state index contributed by atoms with van der Waals surface area (Å²) in [6.45, 7) is 0. The molecule has 0 bridgehead atoms. The highest BCUT2D eigenvalue weighted by Gasteiger charge is 2.17. The van der Waals surface area contributed by atoms with E-state index in [2.05, 4.69) is 20.9 Å². The van der Waals surface area contributed by atoms with Gasteiger partial charge in [0.25, 0.3) is 0 Å². The van der Waals surface area contributed by atoms with Crippen LogP contribution in [0.3, 0.4) is 0 Å². The Labute approximate surface area is 118 Å². The van der Waals surface area contributed by atoms with Crippen molar-refractivity contribution in [2.75, 3.05) is 0 Å². The van der Waals surface area contributed by atoms with Crippen molar-refractivity contribution in [3.05, 3.63) is 52.7 Å². The minimum absolute atomic E-state index is 0.431. The van der Waals surface area contributed by atoms with Gasteiger partial charge < -0.3 is 14.1 Å².